The largest absolute Gasteiger partial charge is 0.496 e. The molecule has 0 unspecified atom stereocenters. The summed E-state index contributed by atoms with van der Waals surface area (Å²) in [4.78, 5) is 0. The van der Waals surface area contributed by atoms with Gasteiger partial charge in [0, 0.05) is 17.3 Å². The Labute approximate surface area is 174 Å². The van der Waals surface area contributed by atoms with Crippen molar-refractivity contribution in [2.24, 2.45) is 0 Å². The van der Waals surface area contributed by atoms with Gasteiger partial charge in [0.1, 0.15) is 11.5 Å². The normalized spacial score (nSPS) is 10.6. The molecule has 0 radical (unpaired) electrons. The Balaban J connectivity index is 1.85. The first-order valence-electron chi connectivity index (χ1n) is 9.08. The van der Waals surface area contributed by atoms with E-state index >= 15 is 0 Å². The number of halogens is 1. The molecule has 0 aliphatic heterocycles. The molecular formula is C23H20ClN3O2. The molecule has 1 N–H and O–H groups in total. The summed E-state index contributed by atoms with van der Waals surface area (Å²) in [5.74, 6) is 1.35. The van der Waals surface area contributed by atoms with E-state index in [9.17, 15) is 0 Å². The summed E-state index contributed by atoms with van der Waals surface area (Å²) in [6.45, 7) is 0. The van der Waals surface area contributed by atoms with Crippen LogP contribution in [0.25, 0.3) is 16.9 Å². The van der Waals surface area contributed by atoms with Crippen LogP contribution >= 0.6 is 11.6 Å². The number of nitrogens with one attached hydrogen (secondary N) is 1. The summed E-state index contributed by atoms with van der Waals surface area (Å²) in [5, 5.41) is 8.51. The fraction of sp³-hybridized carbons (Fsp3) is 0.0870. The molecule has 0 amide bonds. The quantitative estimate of drug-likeness (QED) is 0.430. The second-order valence-electron chi connectivity index (χ2n) is 6.32. The van der Waals surface area contributed by atoms with Crippen molar-refractivity contribution in [2.45, 2.75) is 0 Å². The first-order chi connectivity index (χ1) is 14.2. The predicted octanol–water partition coefficient (Wildman–Crippen LogP) is 5.95. The second kappa shape index (κ2) is 8.29. The minimum atomic E-state index is 0.618. The smallest absolute Gasteiger partial charge is 0.146 e. The molecule has 1 heterocycles. The maximum absolute atomic E-state index is 6.41. The molecule has 146 valence electrons. The van der Waals surface area contributed by atoms with Crippen LogP contribution in [-0.2, 0) is 0 Å². The Morgan fingerprint density at radius 1 is 0.862 bits per heavy atom. The fourth-order valence-electron chi connectivity index (χ4n) is 3.20. The van der Waals surface area contributed by atoms with Gasteiger partial charge in [0.25, 0.3) is 0 Å². The van der Waals surface area contributed by atoms with Gasteiger partial charge < -0.3 is 14.8 Å². The number of anilines is 2. The third-order valence-corrected chi connectivity index (χ3v) is 4.89. The number of hydrogen-bond acceptors (Lipinski definition) is 4. The van der Waals surface area contributed by atoms with Crippen LogP contribution in [0.5, 0.6) is 11.5 Å². The van der Waals surface area contributed by atoms with E-state index in [1.807, 2.05) is 72.8 Å². The number of aromatic nitrogens is 2. The molecule has 0 saturated carbocycles. The number of hydrogen-bond donors (Lipinski definition) is 1. The van der Waals surface area contributed by atoms with Crippen molar-refractivity contribution in [3.63, 3.8) is 0 Å². The van der Waals surface area contributed by atoms with Crippen molar-refractivity contribution in [2.75, 3.05) is 19.5 Å². The Hall–Kier alpha value is -3.44. The average Bonchev–Trinajstić information content (AvgIpc) is 3.24. The van der Waals surface area contributed by atoms with Crippen molar-refractivity contribution in [3.8, 4) is 28.4 Å². The summed E-state index contributed by atoms with van der Waals surface area (Å²) in [6.07, 6.45) is 1.74. The molecule has 0 aliphatic carbocycles. The number of ether oxygens (including phenoxy) is 2. The topological polar surface area (TPSA) is 48.3 Å². The van der Waals surface area contributed by atoms with Crippen molar-refractivity contribution in [1.29, 1.82) is 0 Å². The molecule has 4 rings (SSSR count). The highest BCUT2D eigenvalue weighted by Gasteiger charge is 2.18. The Kier molecular flexibility index (Phi) is 5.40. The van der Waals surface area contributed by atoms with Gasteiger partial charge in [0.05, 0.1) is 42.5 Å². The zero-order valence-electron chi connectivity index (χ0n) is 16.1. The molecule has 1 aromatic heterocycles. The summed E-state index contributed by atoms with van der Waals surface area (Å²) in [5.41, 5.74) is 4.30. The minimum Gasteiger partial charge on any atom is -0.496 e. The molecule has 3 aromatic carbocycles. The van der Waals surface area contributed by atoms with Crippen molar-refractivity contribution >= 4 is 23.0 Å². The van der Waals surface area contributed by atoms with Crippen LogP contribution in [0.4, 0.5) is 11.4 Å². The highest BCUT2D eigenvalue weighted by atomic mass is 35.5. The number of para-hydroxylation sites is 2. The highest BCUT2D eigenvalue weighted by molar-refractivity contribution is 6.32. The number of nitrogens with zero attached hydrogens (tertiary/aromatic N) is 2. The Morgan fingerprint density at radius 3 is 2.31 bits per heavy atom. The lowest BCUT2D eigenvalue weighted by Gasteiger charge is -2.17. The first kappa shape index (κ1) is 18.9. The summed E-state index contributed by atoms with van der Waals surface area (Å²) in [6, 6.07) is 23.3. The molecule has 0 bridgehead atoms. The second-order valence-corrected chi connectivity index (χ2v) is 6.73. The molecule has 29 heavy (non-hydrogen) atoms. The van der Waals surface area contributed by atoms with Crippen LogP contribution < -0.4 is 14.8 Å². The number of benzene rings is 3. The molecule has 4 aromatic rings. The van der Waals surface area contributed by atoms with Gasteiger partial charge in [0.2, 0.25) is 0 Å². The lowest BCUT2D eigenvalue weighted by molar-refractivity contribution is 0.396. The van der Waals surface area contributed by atoms with Gasteiger partial charge >= 0.3 is 0 Å². The maximum atomic E-state index is 6.41. The fourth-order valence-corrected chi connectivity index (χ4v) is 3.41. The van der Waals surface area contributed by atoms with E-state index in [2.05, 4.69) is 10.4 Å². The highest BCUT2D eigenvalue weighted by Crippen LogP contribution is 2.40. The van der Waals surface area contributed by atoms with Gasteiger partial charge in [-0.1, -0.05) is 41.9 Å². The lowest BCUT2D eigenvalue weighted by atomic mass is 10.1. The average molecular weight is 406 g/mol. The molecule has 6 heteroatoms. The minimum absolute atomic E-state index is 0.618. The van der Waals surface area contributed by atoms with E-state index < -0.39 is 0 Å². The van der Waals surface area contributed by atoms with Gasteiger partial charge in [-0.15, -0.1) is 0 Å². The van der Waals surface area contributed by atoms with Crippen LogP contribution in [0.15, 0.2) is 79.0 Å². The van der Waals surface area contributed by atoms with E-state index in [4.69, 9.17) is 21.1 Å². The molecule has 0 atom stereocenters. The monoisotopic (exact) mass is 405 g/mol. The molecule has 0 spiro atoms. The number of rotatable bonds is 6. The zero-order chi connectivity index (χ0) is 20.2. The lowest BCUT2D eigenvalue weighted by Crippen LogP contribution is -2.02. The van der Waals surface area contributed by atoms with E-state index in [0.29, 0.717) is 16.5 Å². The van der Waals surface area contributed by atoms with E-state index in [-0.39, 0.29) is 0 Å². The predicted molar refractivity (Wildman–Crippen MR) is 117 cm³/mol. The van der Waals surface area contributed by atoms with Gasteiger partial charge in [-0.3, -0.25) is 0 Å². The van der Waals surface area contributed by atoms with E-state index in [0.717, 1.165) is 28.3 Å². The van der Waals surface area contributed by atoms with Gasteiger partial charge in [-0.05, 0) is 36.4 Å². The standard InChI is InChI=1S/C23H20ClN3O2/c1-28-22-15-23(29-2)19(26-16-8-4-3-5-9-16)14-17(22)20-12-13-25-27(20)21-11-7-6-10-18(21)24/h3-15,26H,1-2H3. The molecule has 0 aliphatic rings. The van der Waals surface area contributed by atoms with Crippen LogP contribution in [0, 0.1) is 0 Å². The van der Waals surface area contributed by atoms with Crippen molar-refractivity contribution in [1.82, 2.24) is 9.78 Å². The maximum Gasteiger partial charge on any atom is 0.146 e. The third-order valence-electron chi connectivity index (χ3n) is 4.57. The van der Waals surface area contributed by atoms with E-state index in [1.54, 1.807) is 25.1 Å². The SMILES string of the molecule is COc1cc(OC)c(-c2ccnn2-c2ccccc2Cl)cc1Nc1ccccc1. The van der Waals surface area contributed by atoms with Crippen LogP contribution in [0.2, 0.25) is 5.02 Å². The van der Waals surface area contributed by atoms with Gasteiger partial charge in [-0.25, -0.2) is 4.68 Å². The summed E-state index contributed by atoms with van der Waals surface area (Å²) in [7, 11) is 3.28. The molecule has 0 fully saturated rings. The number of methoxy groups -OCH3 is 2. The molecule has 0 saturated heterocycles. The van der Waals surface area contributed by atoms with Gasteiger partial charge in [-0.2, -0.15) is 5.10 Å². The summed E-state index contributed by atoms with van der Waals surface area (Å²) < 4.78 is 13.0. The van der Waals surface area contributed by atoms with Gasteiger partial charge in [0.15, 0.2) is 0 Å². The van der Waals surface area contributed by atoms with Crippen molar-refractivity contribution in [3.05, 3.63) is 84.0 Å². The van der Waals surface area contributed by atoms with Crippen LogP contribution in [-0.4, -0.2) is 24.0 Å². The zero-order valence-corrected chi connectivity index (χ0v) is 16.9. The van der Waals surface area contributed by atoms with E-state index in [1.165, 1.54) is 0 Å². The summed E-state index contributed by atoms with van der Waals surface area (Å²) >= 11 is 6.41. The Morgan fingerprint density at radius 2 is 1.59 bits per heavy atom. The Bertz CT molecular complexity index is 1130. The van der Waals surface area contributed by atoms with Crippen LogP contribution in [0.3, 0.4) is 0 Å². The molecular weight excluding hydrogens is 386 g/mol. The third kappa shape index (κ3) is 3.77. The molecule has 5 nitrogen and oxygen atoms in total. The van der Waals surface area contributed by atoms with Crippen molar-refractivity contribution < 1.29 is 9.47 Å². The van der Waals surface area contributed by atoms with Crippen LogP contribution in [0.1, 0.15) is 0 Å². The first-order valence-corrected chi connectivity index (χ1v) is 9.46.